The predicted octanol–water partition coefficient (Wildman–Crippen LogP) is 2.60. The van der Waals surface area contributed by atoms with Crippen molar-refractivity contribution < 1.29 is 14.3 Å². The van der Waals surface area contributed by atoms with Gasteiger partial charge in [0.1, 0.15) is 0 Å². The number of amides is 1. The number of esters is 1. The molecule has 1 aromatic carbocycles. The van der Waals surface area contributed by atoms with Crippen LogP contribution < -0.4 is 10.6 Å². The van der Waals surface area contributed by atoms with Gasteiger partial charge >= 0.3 is 5.97 Å². The lowest BCUT2D eigenvalue weighted by molar-refractivity contribution is -0.122. The van der Waals surface area contributed by atoms with E-state index in [1.54, 1.807) is 12.1 Å². The molecule has 1 amide bonds. The normalized spacial score (nSPS) is 21.7. The van der Waals surface area contributed by atoms with Crippen LogP contribution in [0.25, 0.3) is 0 Å². The molecule has 1 atom stereocenters. The first-order valence-electron chi connectivity index (χ1n) is 6.90. The molecule has 2 rings (SSSR count). The Kier molecular flexibility index (Phi) is 4.85. The summed E-state index contributed by atoms with van der Waals surface area (Å²) in [7, 11) is 1.29. The van der Waals surface area contributed by atoms with E-state index in [2.05, 4.69) is 15.4 Å². The fourth-order valence-electron chi connectivity index (χ4n) is 2.39. The standard InChI is InChI=1S/C15H19ClN2O3/c1-15(7-3-4-8-17-15)14(20)18-10-5-6-12(16)11(9-10)13(19)21-2/h5-6,9,17H,3-4,7-8H2,1-2H3,(H,18,20). The fourth-order valence-corrected chi connectivity index (χ4v) is 2.58. The molecule has 2 N–H and O–H groups in total. The van der Waals surface area contributed by atoms with Gasteiger partial charge in [-0.3, -0.25) is 4.79 Å². The van der Waals surface area contributed by atoms with Crippen LogP contribution in [0, 0.1) is 0 Å². The average molecular weight is 311 g/mol. The van der Waals surface area contributed by atoms with Crippen LogP contribution in [-0.2, 0) is 9.53 Å². The maximum atomic E-state index is 12.4. The molecule has 0 radical (unpaired) electrons. The number of hydrogen-bond acceptors (Lipinski definition) is 4. The van der Waals surface area contributed by atoms with E-state index in [0.717, 1.165) is 25.8 Å². The smallest absolute Gasteiger partial charge is 0.339 e. The molecule has 1 fully saturated rings. The molecule has 5 nitrogen and oxygen atoms in total. The molecule has 21 heavy (non-hydrogen) atoms. The first kappa shape index (κ1) is 15.8. The number of piperidine rings is 1. The van der Waals surface area contributed by atoms with Crippen LogP contribution in [0.3, 0.4) is 0 Å². The second-order valence-corrected chi connectivity index (χ2v) is 5.76. The number of carbonyl (C=O) groups is 2. The van der Waals surface area contributed by atoms with Crippen molar-refractivity contribution in [3.63, 3.8) is 0 Å². The molecular weight excluding hydrogens is 292 g/mol. The summed E-state index contributed by atoms with van der Waals surface area (Å²) in [4.78, 5) is 24.0. The number of anilines is 1. The number of ether oxygens (including phenoxy) is 1. The Morgan fingerprint density at radius 2 is 2.14 bits per heavy atom. The largest absolute Gasteiger partial charge is 0.465 e. The highest BCUT2D eigenvalue weighted by Crippen LogP contribution is 2.24. The highest BCUT2D eigenvalue weighted by atomic mass is 35.5. The summed E-state index contributed by atoms with van der Waals surface area (Å²) in [6, 6.07) is 4.76. The predicted molar refractivity (Wildman–Crippen MR) is 81.7 cm³/mol. The zero-order valence-corrected chi connectivity index (χ0v) is 12.9. The number of benzene rings is 1. The van der Waals surface area contributed by atoms with Crippen molar-refractivity contribution in [1.82, 2.24) is 5.32 Å². The van der Waals surface area contributed by atoms with Gasteiger partial charge in [0, 0.05) is 5.69 Å². The van der Waals surface area contributed by atoms with E-state index >= 15 is 0 Å². The molecule has 114 valence electrons. The number of methoxy groups -OCH3 is 1. The zero-order chi connectivity index (χ0) is 15.5. The van der Waals surface area contributed by atoms with Crippen molar-refractivity contribution in [1.29, 1.82) is 0 Å². The molecule has 0 aromatic heterocycles. The van der Waals surface area contributed by atoms with E-state index in [9.17, 15) is 9.59 Å². The lowest BCUT2D eigenvalue weighted by Crippen LogP contribution is -2.54. The summed E-state index contributed by atoms with van der Waals surface area (Å²) in [5, 5.41) is 6.37. The average Bonchev–Trinajstić information content (AvgIpc) is 2.49. The van der Waals surface area contributed by atoms with E-state index in [-0.39, 0.29) is 11.5 Å². The lowest BCUT2D eigenvalue weighted by Gasteiger charge is -2.33. The third-order valence-electron chi connectivity index (χ3n) is 3.75. The molecule has 0 saturated carbocycles. The third-order valence-corrected chi connectivity index (χ3v) is 4.08. The summed E-state index contributed by atoms with van der Waals surface area (Å²) >= 11 is 5.96. The van der Waals surface area contributed by atoms with Crippen LogP contribution in [0.4, 0.5) is 5.69 Å². The van der Waals surface area contributed by atoms with Gasteiger partial charge in [-0.15, -0.1) is 0 Å². The maximum absolute atomic E-state index is 12.4. The van der Waals surface area contributed by atoms with Gasteiger partial charge in [0.05, 0.1) is 23.2 Å². The van der Waals surface area contributed by atoms with E-state index < -0.39 is 11.5 Å². The van der Waals surface area contributed by atoms with Gasteiger partial charge in [-0.05, 0) is 50.9 Å². The van der Waals surface area contributed by atoms with Gasteiger partial charge in [0.15, 0.2) is 0 Å². The SMILES string of the molecule is COC(=O)c1cc(NC(=O)C2(C)CCCCN2)ccc1Cl. The van der Waals surface area contributed by atoms with E-state index in [1.165, 1.54) is 13.2 Å². The number of halogens is 1. The summed E-state index contributed by atoms with van der Waals surface area (Å²) in [6.07, 6.45) is 2.89. The van der Waals surface area contributed by atoms with E-state index in [4.69, 9.17) is 11.6 Å². The van der Waals surface area contributed by atoms with Gasteiger partial charge in [0.25, 0.3) is 0 Å². The van der Waals surface area contributed by atoms with Crippen LogP contribution in [0.5, 0.6) is 0 Å². The van der Waals surface area contributed by atoms with Gasteiger partial charge in [0.2, 0.25) is 5.91 Å². The van der Waals surface area contributed by atoms with Crippen molar-refractivity contribution in [2.24, 2.45) is 0 Å². The van der Waals surface area contributed by atoms with Crippen molar-refractivity contribution in [3.8, 4) is 0 Å². The monoisotopic (exact) mass is 310 g/mol. The molecule has 1 saturated heterocycles. The van der Waals surface area contributed by atoms with Crippen LogP contribution in [0.1, 0.15) is 36.5 Å². The molecule has 0 bridgehead atoms. The first-order chi connectivity index (χ1) is 9.96. The van der Waals surface area contributed by atoms with Crippen LogP contribution in [-0.4, -0.2) is 31.1 Å². The van der Waals surface area contributed by atoms with Gasteiger partial charge in [-0.2, -0.15) is 0 Å². The summed E-state index contributed by atoms with van der Waals surface area (Å²) < 4.78 is 4.66. The summed E-state index contributed by atoms with van der Waals surface area (Å²) in [5.74, 6) is -0.640. The number of nitrogens with one attached hydrogen (secondary N) is 2. The first-order valence-corrected chi connectivity index (χ1v) is 7.28. The van der Waals surface area contributed by atoms with Crippen LogP contribution >= 0.6 is 11.6 Å². The highest BCUT2D eigenvalue weighted by Gasteiger charge is 2.34. The third kappa shape index (κ3) is 3.54. The molecule has 1 aromatic rings. The van der Waals surface area contributed by atoms with Gasteiger partial charge in [-0.25, -0.2) is 4.79 Å². The minimum atomic E-state index is -0.580. The Hall–Kier alpha value is -1.59. The second kappa shape index (κ2) is 6.45. The molecular formula is C15H19ClN2O3. The molecule has 6 heteroatoms. The van der Waals surface area contributed by atoms with E-state index in [1.807, 2.05) is 6.92 Å². The fraction of sp³-hybridized carbons (Fsp3) is 0.467. The molecule has 0 spiro atoms. The Balaban J connectivity index is 2.16. The van der Waals surface area contributed by atoms with Gasteiger partial charge in [-0.1, -0.05) is 11.6 Å². The van der Waals surface area contributed by atoms with Gasteiger partial charge < -0.3 is 15.4 Å². The Morgan fingerprint density at radius 3 is 2.76 bits per heavy atom. The van der Waals surface area contributed by atoms with Crippen molar-refractivity contribution in [3.05, 3.63) is 28.8 Å². The molecule has 1 aliphatic heterocycles. The Labute approximate surface area is 129 Å². The summed E-state index contributed by atoms with van der Waals surface area (Å²) in [5.41, 5.74) is 0.181. The number of carbonyl (C=O) groups excluding carboxylic acids is 2. The second-order valence-electron chi connectivity index (χ2n) is 5.36. The molecule has 1 unspecified atom stereocenters. The highest BCUT2D eigenvalue weighted by molar-refractivity contribution is 6.33. The maximum Gasteiger partial charge on any atom is 0.339 e. The van der Waals surface area contributed by atoms with E-state index in [0.29, 0.717) is 10.7 Å². The minimum absolute atomic E-state index is 0.111. The topological polar surface area (TPSA) is 67.4 Å². The van der Waals surface area contributed by atoms with Crippen LogP contribution in [0.2, 0.25) is 5.02 Å². The summed E-state index contributed by atoms with van der Waals surface area (Å²) in [6.45, 7) is 2.72. The van der Waals surface area contributed by atoms with Crippen LogP contribution in [0.15, 0.2) is 18.2 Å². The molecule has 1 aliphatic rings. The number of rotatable bonds is 3. The number of hydrogen-bond donors (Lipinski definition) is 2. The lowest BCUT2D eigenvalue weighted by atomic mass is 9.90. The van der Waals surface area contributed by atoms with Crippen molar-refractivity contribution in [2.75, 3.05) is 19.0 Å². The van der Waals surface area contributed by atoms with Crippen molar-refractivity contribution >= 4 is 29.2 Å². The quantitative estimate of drug-likeness (QED) is 0.842. The minimum Gasteiger partial charge on any atom is -0.465 e. The zero-order valence-electron chi connectivity index (χ0n) is 12.2. The molecule has 1 heterocycles. The Bertz CT molecular complexity index is 554. The molecule has 0 aliphatic carbocycles. The van der Waals surface area contributed by atoms with Crippen molar-refractivity contribution in [2.45, 2.75) is 31.7 Å². The Morgan fingerprint density at radius 1 is 1.38 bits per heavy atom.